The smallest absolute Gasteiger partial charge is 0.124 e. The minimum atomic E-state index is -0.0948. The molecule has 1 rings (SSSR count). The summed E-state index contributed by atoms with van der Waals surface area (Å²) < 4.78 is 0. The third-order valence-corrected chi connectivity index (χ3v) is 3.24. The van der Waals surface area contributed by atoms with Crippen LogP contribution < -0.4 is 5.32 Å². The molecule has 3 N–H and O–H groups in total. The van der Waals surface area contributed by atoms with Crippen molar-refractivity contribution in [3.63, 3.8) is 0 Å². The van der Waals surface area contributed by atoms with Crippen molar-refractivity contribution in [2.75, 3.05) is 18.1 Å². The highest BCUT2D eigenvalue weighted by atomic mass is 32.2. The van der Waals surface area contributed by atoms with Gasteiger partial charge in [-0.2, -0.15) is 0 Å². The van der Waals surface area contributed by atoms with Crippen LogP contribution in [0.1, 0.15) is 18.5 Å². The van der Waals surface area contributed by atoms with Crippen molar-refractivity contribution in [1.82, 2.24) is 5.32 Å². The van der Waals surface area contributed by atoms with Crippen LogP contribution in [0.4, 0.5) is 0 Å². The lowest BCUT2D eigenvalue weighted by atomic mass is 10.1. The zero-order valence-corrected chi connectivity index (χ0v) is 10.6. The maximum absolute atomic E-state index is 9.67. The molecule has 1 unspecified atom stereocenters. The number of hydrogen-bond acceptors (Lipinski definition) is 4. The molecular weight excluding hydrogens is 234 g/mol. The van der Waals surface area contributed by atoms with E-state index in [1.165, 1.54) is 0 Å². The Morgan fingerprint density at radius 3 is 2.65 bits per heavy atom. The number of aromatic hydroxyl groups is 2. The first-order valence-electron chi connectivity index (χ1n) is 5.42. The van der Waals surface area contributed by atoms with Crippen molar-refractivity contribution in [1.29, 1.82) is 0 Å². The van der Waals surface area contributed by atoms with Crippen molar-refractivity contribution < 1.29 is 10.2 Å². The van der Waals surface area contributed by atoms with Crippen molar-refractivity contribution in [2.45, 2.75) is 13.0 Å². The molecule has 0 heterocycles. The topological polar surface area (TPSA) is 52.5 Å². The Morgan fingerprint density at radius 1 is 1.41 bits per heavy atom. The van der Waals surface area contributed by atoms with Gasteiger partial charge in [0.25, 0.3) is 0 Å². The van der Waals surface area contributed by atoms with Crippen LogP contribution in [0.2, 0.25) is 0 Å². The van der Waals surface area contributed by atoms with E-state index in [0.717, 1.165) is 12.3 Å². The van der Waals surface area contributed by atoms with Gasteiger partial charge in [-0.3, -0.25) is 0 Å². The zero-order chi connectivity index (χ0) is 12.7. The number of nitrogens with one attached hydrogen (secondary N) is 1. The van der Waals surface area contributed by atoms with Gasteiger partial charge >= 0.3 is 0 Å². The molecule has 0 amide bonds. The van der Waals surface area contributed by atoms with E-state index in [1.807, 2.05) is 6.92 Å². The fourth-order valence-corrected chi connectivity index (χ4v) is 2.09. The molecule has 0 aliphatic heterocycles. The summed E-state index contributed by atoms with van der Waals surface area (Å²) in [6, 6.07) is 4.66. The first-order valence-corrected chi connectivity index (χ1v) is 6.57. The molecule has 0 saturated heterocycles. The summed E-state index contributed by atoms with van der Waals surface area (Å²) in [5, 5.41) is 22.6. The second-order valence-corrected chi connectivity index (χ2v) is 4.75. The van der Waals surface area contributed by atoms with Gasteiger partial charge in [0.05, 0.1) is 11.3 Å². The van der Waals surface area contributed by atoms with Gasteiger partial charge in [-0.15, -0.1) is 18.2 Å². The summed E-state index contributed by atoms with van der Waals surface area (Å²) in [4.78, 5) is 0. The van der Waals surface area contributed by atoms with Crippen molar-refractivity contribution >= 4 is 11.8 Å². The molecule has 0 aliphatic carbocycles. The van der Waals surface area contributed by atoms with E-state index in [4.69, 9.17) is 6.42 Å². The molecule has 0 aromatic heterocycles. The Hall–Kier alpha value is -1.31. The van der Waals surface area contributed by atoms with Gasteiger partial charge in [0.2, 0.25) is 0 Å². The number of thioether (sulfide) groups is 1. The lowest BCUT2D eigenvalue weighted by Crippen LogP contribution is -2.21. The molecule has 1 atom stereocenters. The van der Waals surface area contributed by atoms with Gasteiger partial charge in [-0.25, -0.2) is 0 Å². The standard InChI is InChI=1S/C13H17NO2S/c1-3-8-17-9-7-14-10(2)13-11(15)5-4-6-12(13)16/h1,4-6,10,14-16H,7-9H2,2H3. The van der Waals surface area contributed by atoms with Crippen LogP contribution in [0.3, 0.4) is 0 Å². The quantitative estimate of drug-likeness (QED) is 0.535. The van der Waals surface area contributed by atoms with Crippen LogP contribution in [0.5, 0.6) is 11.5 Å². The highest BCUT2D eigenvalue weighted by Gasteiger charge is 2.13. The lowest BCUT2D eigenvalue weighted by molar-refractivity contribution is 0.421. The SMILES string of the molecule is C#CCSCCNC(C)c1c(O)cccc1O. The fourth-order valence-electron chi connectivity index (χ4n) is 1.57. The third-order valence-electron chi connectivity index (χ3n) is 2.38. The van der Waals surface area contributed by atoms with E-state index in [9.17, 15) is 10.2 Å². The summed E-state index contributed by atoms with van der Waals surface area (Å²) in [6.07, 6.45) is 5.14. The predicted molar refractivity (Wildman–Crippen MR) is 72.3 cm³/mol. The summed E-state index contributed by atoms with van der Waals surface area (Å²) in [5.74, 6) is 4.40. The van der Waals surface area contributed by atoms with Crippen molar-refractivity contribution in [3.8, 4) is 23.8 Å². The van der Waals surface area contributed by atoms with Crippen LogP contribution >= 0.6 is 11.8 Å². The third kappa shape index (κ3) is 4.22. The number of phenols is 2. The molecule has 17 heavy (non-hydrogen) atoms. The molecule has 4 heteroatoms. The first-order chi connectivity index (χ1) is 8.16. The highest BCUT2D eigenvalue weighted by molar-refractivity contribution is 7.99. The van der Waals surface area contributed by atoms with Gasteiger partial charge in [0.1, 0.15) is 11.5 Å². The van der Waals surface area contributed by atoms with E-state index in [-0.39, 0.29) is 17.5 Å². The largest absolute Gasteiger partial charge is 0.507 e. The number of phenolic OH excluding ortho intramolecular Hbond substituents is 2. The Labute approximate surface area is 106 Å². The van der Waals surface area contributed by atoms with Crippen molar-refractivity contribution in [3.05, 3.63) is 23.8 Å². The number of terminal acetylenes is 1. The lowest BCUT2D eigenvalue weighted by Gasteiger charge is -2.16. The minimum absolute atomic E-state index is 0.0948. The highest BCUT2D eigenvalue weighted by Crippen LogP contribution is 2.31. The minimum Gasteiger partial charge on any atom is -0.507 e. The average Bonchev–Trinajstić information content (AvgIpc) is 2.28. The Kier molecular flexibility index (Phi) is 5.75. The normalized spacial score (nSPS) is 12.0. The van der Waals surface area contributed by atoms with Crippen LogP contribution in [0.25, 0.3) is 0 Å². The number of rotatable bonds is 6. The summed E-state index contributed by atoms with van der Waals surface area (Å²) in [6.45, 7) is 2.68. The predicted octanol–water partition coefficient (Wildman–Crippen LogP) is 2.11. The van der Waals surface area contributed by atoms with E-state index in [2.05, 4.69) is 11.2 Å². The van der Waals surface area contributed by atoms with Gasteiger partial charge in [0, 0.05) is 18.3 Å². The van der Waals surface area contributed by atoms with E-state index in [1.54, 1.807) is 30.0 Å². The molecule has 0 saturated carbocycles. The van der Waals surface area contributed by atoms with Crippen LogP contribution in [-0.4, -0.2) is 28.3 Å². The van der Waals surface area contributed by atoms with Gasteiger partial charge in [0.15, 0.2) is 0 Å². The molecular formula is C13H17NO2S. The molecule has 0 fully saturated rings. The summed E-state index contributed by atoms with van der Waals surface area (Å²) in [7, 11) is 0. The van der Waals surface area contributed by atoms with Gasteiger partial charge in [-0.1, -0.05) is 12.0 Å². The summed E-state index contributed by atoms with van der Waals surface area (Å²) >= 11 is 1.68. The molecule has 0 radical (unpaired) electrons. The number of hydrogen-bond donors (Lipinski definition) is 3. The van der Waals surface area contributed by atoms with Gasteiger partial charge < -0.3 is 15.5 Å². The Bertz CT molecular complexity index is 381. The average molecular weight is 251 g/mol. The van der Waals surface area contributed by atoms with Crippen LogP contribution in [-0.2, 0) is 0 Å². The van der Waals surface area contributed by atoms with E-state index in [0.29, 0.717) is 11.3 Å². The van der Waals surface area contributed by atoms with Crippen molar-refractivity contribution in [2.24, 2.45) is 0 Å². The van der Waals surface area contributed by atoms with E-state index < -0.39 is 0 Å². The van der Waals surface area contributed by atoms with E-state index >= 15 is 0 Å². The fraction of sp³-hybridized carbons (Fsp3) is 0.385. The molecule has 3 nitrogen and oxygen atoms in total. The molecule has 1 aromatic rings. The number of benzene rings is 1. The zero-order valence-electron chi connectivity index (χ0n) is 9.81. The second kappa shape index (κ2) is 7.10. The second-order valence-electron chi connectivity index (χ2n) is 3.64. The first kappa shape index (κ1) is 13.8. The maximum atomic E-state index is 9.67. The molecule has 0 spiro atoms. The Balaban J connectivity index is 2.47. The molecule has 1 aromatic carbocycles. The molecule has 0 bridgehead atoms. The summed E-state index contributed by atoms with van der Waals surface area (Å²) in [5.41, 5.74) is 0.537. The van der Waals surface area contributed by atoms with Gasteiger partial charge in [-0.05, 0) is 19.1 Å². The molecule has 0 aliphatic rings. The van der Waals surface area contributed by atoms with Crippen LogP contribution in [0, 0.1) is 12.3 Å². The van der Waals surface area contributed by atoms with Crippen LogP contribution in [0.15, 0.2) is 18.2 Å². The molecule has 92 valence electrons. The monoisotopic (exact) mass is 251 g/mol. The Morgan fingerprint density at radius 2 is 2.06 bits per heavy atom. The maximum Gasteiger partial charge on any atom is 0.124 e.